The minimum Gasteiger partial charge on any atom is -0.382 e. The smallest absolute Gasteiger partial charge is 0.153 e. The lowest BCUT2D eigenvalue weighted by Crippen LogP contribution is -1.89. The summed E-state index contributed by atoms with van der Waals surface area (Å²) in [6.45, 7) is 0. The molecule has 0 bridgehead atoms. The summed E-state index contributed by atoms with van der Waals surface area (Å²) in [5.41, 5.74) is 9.72. The van der Waals surface area contributed by atoms with Crippen LogP contribution in [-0.2, 0) is 0 Å². The van der Waals surface area contributed by atoms with Crippen LogP contribution in [0.5, 0.6) is 0 Å². The van der Waals surface area contributed by atoms with Crippen LogP contribution < -0.4 is 5.73 Å². The number of aromatic amines is 1. The second-order valence-electron chi connectivity index (χ2n) is 4.49. The van der Waals surface area contributed by atoms with Gasteiger partial charge in [-0.25, -0.2) is 0 Å². The van der Waals surface area contributed by atoms with Gasteiger partial charge in [-0.2, -0.15) is 5.10 Å². The van der Waals surface area contributed by atoms with Gasteiger partial charge in [0.15, 0.2) is 5.82 Å². The van der Waals surface area contributed by atoms with Gasteiger partial charge in [0, 0.05) is 19.5 Å². The van der Waals surface area contributed by atoms with Gasteiger partial charge in [-0.15, -0.1) is 0 Å². The Hall–Kier alpha value is -1.30. The molecule has 3 nitrogen and oxygen atoms in total. The summed E-state index contributed by atoms with van der Waals surface area (Å²) in [6.07, 6.45) is 0. The predicted molar refractivity (Wildman–Crippen MR) is 94.3 cm³/mol. The van der Waals surface area contributed by atoms with Crippen molar-refractivity contribution in [3.63, 3.8) is 0 Å². The Morgan fingerprint density at radius 3 is 2.62 bits per heavy atom. The molecule has 0 aliphatic heterocycles. The Morgan fingerprint density at radius 1 is 1.10 bits per heavy atom. The molecule has 0 fully saturated rings. The summed E-state index contributed by atoms with van der Waals surface area (Å²) in [5, 5.41) is 7.82. The zero-order valence-electron chi connectivity index (χ0n) is 10.7. The minimum absolute atomic E-state index is 0.463. The van der Waals surface area contributed by atoms with Crippen LogP contribution in [0.15, 0.2) is 51.4 Å². The molecule has 1 aromatic heterocycles. The van der Waals surface area contributed by atoms with Crippen LogP contribution in [-0.4, -0.2) is 10.2 Å². The predicted octanol–water partition coefficient (Wildman–Crippen LogP) is 5.50. The van der Waals surface area contributed by atoms with Gasteiger partial charge >= 0.3 is 0 Å². The second-order valence-corrected chi connectivity index (χ2v) is 6.70. The van der Waals surface area contributed by atoms with Crippen molar-refractivity contribution >= 4 is 49.3 Å². The molecule has 3 rings (SSSR count). The molecule has 1 heterocycles. The van der Waals surface area contributed by atoms with Crippen LogP contribution >= 0.6 is 43.5 Å². The lowest BCUT2D eigenvalue weighted by atomic mass is 10.0. The molecule has 0 atom stereocenters. The number of hydrogen-bond acceptors (Lipinski definition) is 2. The van der Waals surface area contributed by atoms with Crippen molar-refractivity contribution in [2.75, 3.05) is 5.73 Å². The number of nitrogens with zero attached hydrogens (tertiary/aromatic N) is 1. The van der Waals surface area contributed by atoms with E-state index in [-0.39, 0.29) is 0 Å². The fourth-order valence-corrected chi connectivity index (χ4v) is 3.46. The van der Waals surface area contributed by atoms with E-state index >= 15 is 0 Å². The first kappa shape index (κ1) is 14.6. The highest BCUT2D eigenvalue weighted by molar-refractivity contribution is 9.10. The average Bonchev–Trinajstić information content (AvgIpc) is 2.80. The van der Waals surface area contributed by atoms with E-state index in [0.29, 0.717) is 10.8 Å². The van der Waals surface area contributed by atoms with Crippen LogP contribution in [0.4, 0.5) is 5.82 Å². The lowest BCUT2D eigenvalue weighted by Gasteiger charge is -2.07. The molecule has 0 saturated carbocycles. The molecule has 0 saturated heterocycles. The molecule has 0 aliphatic carbocycles. The van der Waals surface area contributed by atoms with Crippen molar-refractivity contribution in [2.45, 2.75) is 0 Å². The molecule has 106 valence electrons. The lowest BCUT2D eigenvalue weighted by molar-refractivity contribution is 1.10. The highest BCUT2D eigenvalue weighted by Gasteiger charge is 2.17. The average molecular weight is 428 g/mol. The Labute approximate surface area is 143 Å². The first-order valence-corrected chi connectivity index (χ1v) is 8.08. The van der Waals surface area contributed by atoms with Gasteiger partial charge < -0.3 is 5.73 Å². The number of hydrogen-bond donors (Lipinski definition) is 2. The van der Waals surface area contributed by atoms with Gasteiger partial charge in [0.05, 0.1) is 11.3 Å². The highest BCUT2D eigenvalue weighted by Crippen LogP contribution is 2.39. The van der Waals surface area contributed by atoms with Crippen molar-refractivity contribution in [2.24, 2.45) is 0 Å². The Kier molecular flexibility index (Phi) is 4.06. The maximum absolute atomic E-state index is 6.04. The Balaban J connectivity index is 2.22. The fraction of sp³-hybridized carbons (Fsp3) is 0. The zero-order chi connectivity index (χ0) is 15.0. The normalized spacial score (nSPS) is 10.8. The van der Waals surface area contributed by atoms with Crippen molar-refractivity contribution in [3.8, 4) is 22.4 Å². The number of aromatic nitrogens is 2. The largest absolute Gasteiger partial charge is 0.382 e. The molecule has 2 aromatic carbocycles. The SMILES string of the molecule is Nc1n[nH]c(-c2ccc(Cl)cc2Br)c1-c1cccc(Br)c1. The van der Waals surface area contributed by atoms with Crippen LogP contribution in [0, 0.1) is 0 Å². The van der Waals surface area contributed by atoms with E-state index in [0.717, 1.165) is 31.3 Å². The van der Waals surface area contributed by atoms with Gasteiger partial charge in [-0.3, -0.25) is 5.10 Å². The van der Waals surface area contributed by atoms with Crippen molar-refractivity contribution in [3.05, 3.63) is 56.4 Å². The monoisotopic (exact) mass is 425 g/mol. The summed E-state index contributed by atoms with van der Waals surface area (Å²) in [7, 11) is 0. The van der Waals surface area contributed by atoms with E-state index < -0.39 is 0 Å². The maximum Gasteiger partial charge on any atom is 0.153 e. The van der Waals surface area contributed by atoms with Crippen molar-refractivity contribution in [1.29, 1.82) is 0 Å². The van der Waals surface area contributed by atoms with E-state index in [2.05, 4.69) is 42.1 Å². The number of halogens is 3. The molecule has 0 unspecified atom stereocenters. The second kappa shape index (κ2) is 5.83. The summed E-state index contributed by atoms with van der Waals surface area (Å²) < 4.78 is 1.87. The first-order chi connectivity index (χ1) is 10.1. The molecule has 6 heteroatoms. The number of nitrogens with one attached hydrogen (secondary N) is 1. The van der Waals surface area contributed by atoms with E-state index in [1.165, 1.54) is 0 Å². The Bertz CT molecular complexity index is 814. The van der Waals surface area contributed by atoms with Gasteiger partial charge in [0.1, 0.15) is 0 Å². The minimum atomic E-state index is 0.463. The third-order valence-corrected chi connectivity index (χ3v) is 4.49. The fourth-order valence-electron chi connectivity index (χ4n) is 2.18. The third kappa shape index (κ3) is 2.86. The molecule has 0 amide bonds. The van der Waals surface area contributed by atoms with Crippen molar-refractivity contribution in [1.82, 2.24) is 10.2 Å². The standard InChI is InChI=1S/C15H10Br2ClN3/c16-9-3-1-2-8(6-9)13-14(20-21-15(13)19)11-5-4-10(18)7-12(11)17/h1-7H,(H3,19,20,21). The Morgan fingerprint density at radius 2 is 1.90 bits per heavy atom. The number of H-pyrrole nitrogens is 1. The first-order valence-electron chi connectivity index (χ1n) is 6.11. The highest BCUT2D eigenvalue weighted by atomic mass is 79.9. The summed E-state index contributed by atoms with van der Waals surface area (Å²) in [5.74, 6) is 0.463. The molecule has 3 N–H and O–H groups in total. The molecule has 3 aromatic rings. The van der Waals surface area contributed by atoms with Crippen molar-refractivity contribution < 1.29 is 0 Å². The summed E-state index contributed by atoms with van der Waals surface area (Å²) >= 11 is 13.0. The topological polar surface area (TPSA) is 54.7 Å². The number of anilines is 1. The molecular weight excluding hydrogens is 417 g/mol. The van der Waals surface area contributed by atoms with Crippen LogP contribution in [0.2, 0.25) is 5.02 Å². The number of benzene rings is 2. The van der Waals surface area contributed by atoms with Crippen LogP contribution in [0.1, 0.15) is 0 Å². The zero-order valence-corrected chi connectivity index (χ0v) is 14.6. The van der Waals surface area contributed by atoms with Gasteiger partial charge in [0.25, 0.3) is 0 Å². The van der Waals surface area contributed by atoms with E-state index in [4.69, 9.17) is 17.3 Å². The maximum atomic E-state index is 6.04. The molecular formula is C15H10Br2ClN3. The van der Waals surface area contributed by atoms with Gasteiger partial charge in [0.2, 0.25) is 0 Å². The molecule has 0 aliphatic rings. The van der Waals surface area contributed by atoms with E-state index in [1.54, 1.807) is 0 Å². The van der Waals surface area contributed by atoms with Crippen LogP contribution in [0.25, 0.3) is 22.4 Å². The molecule has 0 radical (unpaired) electrons. The number of rotatable bonds is 2. The quantitative estimate of drug-likeness (QED) is 0.567. The summed E-state index contributed by atoms with van der Waals surface area (Å²) in [6, 6.07) is 13.6. The molecule has 0 spiro atoms. The number of nitrogen functional groups attached to an aromatic ring is 1. The third-order valence-electron chi connectivity index (χ3n) is 3.11. The van der Waals surface area contributed by atoms with E-state index in [1.807, 2.05) is 42.5 Å². The molecule has 21 heavy (non-hydrogen) atoms. The summed E-state index contributed by atoms with van der Waals surface area (Å²) in [4.78, 5) is 0. The van der Waals surface area contributed by atoms with Gasteiger partial charge in [-0.1, -0.05) is 61.7 Å². The number of nitrogens with two attached hydrogens (primary N) is 1. The van der Waals surface area contributed by atoms with Crippen LogP contribution in [0.3, 0.4) is 0 Å². The van der Waals surface area contributed by atoms with E-state index in [9.17, 15) is 0 Å². The van der Waals surface area contributed by atoms with Gasteiger partial charge in [-0.05, 0) is 29.8 Å².